The highest BCUT2D eigenvalue weighted by Crippen LogP contribution is 2.41. The van der Waals surface area contributed by atoms with Crippen LogP contribution in [0.15, 0.2) is 66.9 Å². The van der Waals surface area contributed by atoms with Crippen LogP contribution in [0.3, 0.4) is 0 Å². The van der Waals surface area contributed by atoms with E-state index in [0.717, 1.165) is 22.3 Å². The first-order chi connectivity index (χ1) is 13.3. The van der Waals surface area contributed by atoms with Crippen LogP contribution in [-0.2, 0) is 0 Å². The summed E-state index contributed by atoms with van der Waals surface area (Å²) in [5, 5.41) is 6.87. The number of methoxy groups -OCH3 is 3. The molecule has 4 rings (SSSR count). The molecule has 0 aliphatic carbocycles. The minimum atomic E-state index is 0.569. The van der Waals surface area contributed by atoms with Crippen molar-refractivity contribution in [1.82, 2.24) is 9.78 Å². The topological polar surface area (TPSA) is 45.5 Å². The number of hydrogen-bond acceptors (Lipinski definition) is 4. The van der Waals surface area contributed by atoms with Crippen LogP contribution in [0.2, 0.25) is 0 Å². The fraction of sp³-hybridized carbons (Fsp3) is 0.136. The van der Waals surface area contributed by atoms with Crippen molar-refractivity contribution in [3.63, 3.8) is 0 Å². The van der Waals surface area contributed by atoms with Crippen molar-refractivity contribution >= 4 is 10.8 Å². The van der Waals surface area contributed by atoms with Gasteiger partial charge < -0.3 is 14.2 Å². The molecule has 0 saturated carbocycles. The van der Waals surface area contributed by atoms with Crippen LogP contribution in [0.4, 0.5) is 0 Å². The summed E-state index contributed by atoms with van der Waals surface area (Å²) >= 11 is 0. The highest BCUT2D eigenvalue weighted by molar-refractivity contribution is 5.90. The van der Waals surface area contributed by atoms with Gasteiger partial charge in [0.2, 0.25) is 5.75 Å². The summed E-state index contributed by atoms with van der Waals surface area (Å²) in [6.45, 7) is 0. The number of benzene rings is 3. The van der Waals surface area contributed by atoms with E-state index in [0.29, 0.717) is 17.2 Å². The fourth-order valence-electron chi connectivity index (χ4n) is 3.34. The van der Waals surface area contributed by atoms with Crippen molar-refractivity contribution in [2.24, 2.45) is 0 Å². The van der Waals surface area contributed by atoms with E-state index in [4.69, 9.17) is 14.2 Å². The van der Waals surface area contributed by atoms with Crippen LogP contribution in [-0.4, -0.2) is 31.1 Å². The van der Waals surface area contributed by atoms with Gasteiger partial charge in [0.25, 0.3) is 0 Å². The van der Waals surface area contributed by atoms with E-state index in [1.807, 2.05) is 41.1 Å². The second-order valence-electron chi connectivity index (χ2n) is 6.04. The van der Waals surface area contributed by atoms with Gasteiger partial charge in [-0.1, -0.05) is 36.4 Å². The molecule has 3 aromatic carbocycles. The Labute approximate surface area is 157 Å². The van der Waals surface area contributed by atoms with Crippen molar-refractivity contribution in [2.75, 3.05) is 21.3 Å². The summed E-state index contributed by atoms with van der Waals surface area (Å²) in [5.41, 5.74) is 2.88. The van der Waals surface area contributed by atoms with Crippen molar-refractivity contribution in [3.05, 3.63) is 66.9 Å². The third-order valence-corrected chi connectivity index (χ3v) is 4.60. The molecule has 0 N–H and O–H groups in total. The SMILES string of the molecule is COc1cc(-c2ccnn2-c2cccc3ccccc23)cc(OC)c1OC. The van der Waals surface area contributed by atoms with Gasteiger partial charge in [-0.25, -0.2) is 4.68 Å². The fourth-order valence-corrected chi connectivity index (χ4v) is 3.34. The van der Waals surface area contributed by atoms with Gasteiger partial charge in [-0.05, 0) is 29.7 Å². The molecule has 0 bridgehead atoms. The van der Waals surface area contributed by atoms with Crippen molar-refractivity contribution in [2.45, 2.75) is 0 Å². The summed E-state index contributed by atoms with van der Waals surface area (Å²) in [6, 6.07) is 20.3. The first-order valence-corrected chi connectivity index (χ1v) is 8.59. The normalized spacial score (nSPS) is 10.8. The largest absolute Gasteiger partial charge is 0.493 e. The van der Waals surface area contributed by atoms with Crippen LogP contribution in [0.5, 0.6) is 17.2 Å². The molecule has 27 heavy (non-hydrogen) atoms. The van der Waals surface area contributed by atoms with Crippen molar-refractivity contribution in [3.8, 4) is 34.2 Å². The zero-order chi connectivity index (χ0) is 18.8. The van der Waals surface area contributed by atoms with E-state index in [1.54, 1.807) is 27.5 Å². The van der Waals surface area contributed by atoms with E-state index in [-0.39, 0.29) is 0 Å². The number of hydrogen-bond donors (Lipinski definition) is 0. The summed E-state index contributed by atoms with van der Waals surface area (Å²) in [6.07, 6.45) is 1.79. The van der Waals surface area contributed by atoms with Crippen LogP contribution >= 0.6 is 0 Å². The first-order valence-electron chi connectivity index (χ1n) is 8.59. The van der Waals surface area contributed by atoms with Gasteiger partial charge >= 0.3 is 0 Å². The Hall–Kier alpha value is -3.47. The van der Waals surface area contributed by atoms with E-state index in [9.17, 15) is 0 Å². The quantitative estimate of drug-likeness (QED) is 0.517. The van der Waals surface area contributed by atoms with Gasteiger partial charge in [0, 0.05) is 10.9 Å². The molecule has 0 aliphatic rings. The molecular formula is C22H20N2O3. The molecule has 0 radical (unpaired) electrons. The zero-order valence-corrected chi connectivity index (χ0v) is 15.5. The van der Waals surface area contributed by atoms with Crippen molar-refractivity contribution < 1.29 is 14.2 Å². The Kier molecular flexibility index (Phi) is 4.42. The Bertz CT molecular complexity index is 1070. The molecule has 5 nitrogen and oxygen atoms in total. The monoisotopic (exact) mass is 360 g/mol. The van der Waals surface area contributed by atoms with Crippen LogP contribution < -0.4 is 14.2 Å². The first kappa shape index (κ1) is 17.0. The number of ether oxygens (including phenoxy) is 3. The van der Waals surface area contributed by atoms with Crippen molar-refractivity contribution in [1.29, 1.82) is 0 Å². The molecule has 4 aromatic rings. The van der Waals surface area contributed by atoms with Crippen LogP contribution in [0.25, 0.3) is 27.7 Å². The molecular weight excluding hydrogens is 340 g/mol. The van der Waals surface area contributed by atoms with Gasteiger partial charge in [-0.15, -0.1) is 0 Å². The molecule has 1 heterocycles. The van der Waals surface area contributed by atoms with E-state index in [2.05, 4.69) is 29.4 Å². The predicted octanol–water partition coefficient (Wildman–Crippen LogP) is 4.72. The smallest absolute Gasteiger partial charge is 0.203 e. The lowest BCUT2D eigenvalue weighted by molar-refractivity contribution is 0.324. The number of fused-ring (bicyclic) bond motifs is 1. The lowest BCUT2D eigenvalue weighted by Crippen LogP contribution is -2.01. The van der Waals surface area contributed by atoms with Gasteiger partial charge in [0.15, 0.2) is 11.5 Å². The maximum Gasteiger partial charge on any atom is 0.203 e. The Morgan fingerprint density at radius 2 is 1.48 bits per heavy atom. The molecule has 0 amide bonds. The average molecular weight is 360 g/mol. The predicted molar refractivity (Wildman–Crippen MR) is 106 cm³/mol. The van der Waals surface area contributed by atoms with E-state index >= 15 is 0 Å². The van der Waals surface area contributed by atoms with E-state index < -0.39 is 0 Å². The summed E-state index contributed by atoms with van der Waals surface area (Å²) in [4.78, 5) is 0. The highest BCUT2D eigenvalue weighted by atomic mass is 16.5. The van der Waals surface area contributed by atoms with Gasteiger partial charge in [-0.2, -0.15) is 5.10 Å². The molecule has 0 atom stereocenters. The Balaban J connectivity index is 1.93. The minimum absolute atomic E-state index is 0.569. The molecule has 0 fully saturated rings. The molecule has 0 aliphatic heterocycles. The number of nitrogens with zero attached hydrogens (tertiary/aromatic N) is 2. The van der Waals surface area contributed by atoms with Gasteiger partial charge in [-0.3, -0.25) is 0 Å². The Morgan fingerprint density at radius 1 is 0.778 bits per heavy atom. The minimum Gasteiger partial charge on any atom is -0.493 e. The van der Waals surface area contributed by atoms with Gasteiger partial charge in [0.05, 0.1) is 38.9 Å². The Morgan fingerprint density at radius 3 is 2.19 bits per heavy atom. The standard InChI is InChI=1S/C22H20N2O3/c1-25-20-13-16(14-21(26-2)22(20)27-3)18-11-12-23-24(18)19-10-6-8-15-7-4-5-9-17(15)19/h4-14H,1-3H3. The third-order valence-electron chi connectivity index (χ3n) is 4.60. The molecule has 136 valence electrons. The molecule has 0 saturated heterocycles. The van der Waals surface area contributed by atoms with Gasteiger partial charge in [0.1, 0.15) is 0 Å². The zero-order valence-electron chi connectivity index (χ0n) is 15.5. The molecule has 1 aromatic heterocycles. The second-order valence-corrected chi connectivity index (χ2v) is 6.04. The third kappa shape index (κ3) is 2.87. The van der Waals surface area contributed by atoms with Crippen LogP contribution in [0.1, 0.15) is 0 Å². The summed E-state index contributed by atoms with van der Waals surface area (Å²) in [7, 11) is 4.83. The molecule has 5 heteroatoms. The number of aromatic nitrogens is 2. The second kappa shape index (κ2) is 7.03. The van der Waals surface area contributed by atoms with E-state index in [1.165, 1.54) is 5.39 Å². The lowest BCUT2D eigenvalue weighted by atomic mass is 10.1. The molecule has 0 spiro atoms. The maximum absolute atomic E-state index is 5.50. The molecule has 0 unspecified atom stereocenters. The number of rotatable bonds is 5. The summed E-state index contributed by atoms with van der Waals surface area (Å²) in [5.74, 6) is 1.79. The highest BCUT2D eigenvalue weighted by Gasteiger charge is 2.17. The average Bonchev–Trinajstić information content (AvgIpc) is 3.21. The van der Waals surface area contributed by atoms with Crippen LogP contribution in [0, 0.1) is 0 Å². The maximum atomic E-state index is 5.50. The lowest BCUT2D eigenvalue weighted by Gasteiger charge is -2.15. The summed E-state index contributed by atoms with van der Waals surface area (Å²) < 4.78 is 18.4.